The van der Waals surface area contributed by atoms with E-state index in [1.807, 2.05) is 0 Å². The van der Waals surface area contributed by atoms with E-state index in [0.717, 1.165) is 12.3 Å². The molecule has 0 bridgehead atoms. The Labute approximate surface area is 111 Å². The second-order valence-electron chi connectivity index (χ2n) is 4.32. The number of hydrogen-bond donors (Lipinski definition) is 0. The predicted molar refractivity (Wildman–Crippen MR) is 59.6 cm³/mol. The van der Waals surface area contributed by atoms with Crippen molar-refractivity contribution in [2.45, 2.75) is 25.7 Å². The minimum Gasteiger partial charge on any atom is -0.155 e. The third-order valence-corrected chi connectivity index (χ3v) is 3.52. The summed E-state index contributed by atoms with van der Waals surface area (Å²) in [6.07, 6.45) is 18.7. The fourth-order valence-corrected chi connectivity index (χ4v) is 2.78. The summed E-state index contributed by atoms with van der Waals surface area (Å²) >= 11 is 0. The van der Waals surface area contributed by atoms with E-state index in [1.165, 1.54) is 19.3 Å². The molecule has 1 saturated carbocycles. The zero-order valence-corrected chi connectivity index (χ0v) is 11.3. The summed E-state index contributed by atoms with van der Waals surface area (Å²) in [5.41, 5.74) is 3.19. The first-order valence-corrected chi connectivity index (χ1v) is 5.54. The van der Waals surface area contributed by atoms with E-state index < -0.39 is 0 Å². The van der Waals surface area contributed by atoms with Crippen LogP contribution >= 0.6 is 0 Å². The van der Waals surface area contributed by atoms with Gasteiger partial charge in [0.25, 0.3) is 0 Å². The minimum atomic E-state index is 0. The van der Waals surface area contributed by atoms with Crippen LogP contribution in [-0.4, -0.2) is 0 Å². The molecule has 0 radical (unpaired) electrons. The molecule has 0 aromatic carbocycles. The second-order valence-corrected chi connectivity index (χ2v) is 4.32. The van der Waals surface area contributed by atoms with Crippen LogP contribution < -0.4 is 0 Å². The molecule has 0 aliphatic heterocycles. The molecule has 1 atom stereocenters. The van der Waals surface area contributed by atoms with Gasteiger partial charge in [-0.25, -0.2) is 0 Å². The van der Waals surface area contributed by atoms with E-state index in [4.69, 9.17) is 0 Å². The smallest absolute Gasteiger partial charge is 0 e. The van der Waals surface area contributed by atoms with Gasteiger partial charge in [-0.1, -0.05) is 25.0 Å². The van der Waals surface area contributed by atoms with Crippen LogP contribution in [0.3, 0.4) is 0 Å². The maximum Gasteiger partial charge on any atom is 0 e. The van der Waals surface area contributed by atoms with Crippen molar-refractivity contribution in [3.8, 4) is 0 Å². The Bertz CT molecular complexity index is 358. The summed E-state index contributed by atoms with van der Waals surface area (Å²) in [4.78, 5) is 0. The van der Waals surface area contributed by atoms with Gasteiger partial charge in [-0.3, -0.25) is 0 Å². The van der Waals surface area contributed by atoms with Gasteiger partial charge in [0, 0.05) is 26.2 Å². The fraction of sp³-hybridized carbons (Fsp3) is 0.357. The van der Waals surface area contributed by atoms with Crippen molar-refractivity contribution in [3.05, 3.63) is 53.5 Å². The van der Waals surface area contributed by atoms with Crippen LogP contribution in [0.25, 0.3) is 0 Å². The Morgan fingerprint density at radius 1 is 1.13 bits per heavy atom. The van der Waals surface area contributed by atoms with Gasteiger partial charge >= 0.3 is 0 Å². The van der Waals surface area contributed by atoms with Gasteiger partial charge < -0.3 is 0 Å². The summed E-state index contributed by atoms with van der Waals surface area (Å²) in [6.45, 7) is 0. The van der Waals surface area contributed by atoms with Crippen molar-refractivity contribution >= 4 is 0 Å². The molecule has 0 spiro atoms. The minimum absolute atomic E-state index is 0. The van der Waals surface area contributed by atoms with E-state index in [1.54, 1.807) is 17.1 Å². The van der Waals surface area contributed by atoms with Crippen molar-refractivity contribution in [1.82, 2.24) is 0 Å². The van der Waals surface area contributed by atoms with Gasteiger partial charge in [-0.2, -0.15) is 12.2 Å². The van der Waals surface area contributed by atoms with Gasteiger partial charge in [-0.05, 0) is 18.8 Å². The maximum absolute atomic E-state index is 2.33. The summed E-state index contributed by atoms with van der Waals surface area (Å²) in [7, 11) is 0. The number of allylic oxidation sites excluding steroid dienone is 8. The zero-order valence-electron chi connectivity index (χ0n) is 8.87. The van der Waals surface area contributed by atoms with Crippen molar-refractivity contribution in [2.75, 3.05) is 0 Å². The molecule has 1 heteroatoms. The van der Waals surface area contributed by atoms with Gasteiger partial charge in [0.2, 0.25) is 0 Å². The molecule has 0 nitrogen and oxygen atoms in total. The van der Waals surface area contributed by atoms with Crippen LogP contribution in [0.15, 0.2) is 47.6 Å². The summed E-state index contributed by atoms with van der Waals surface area (Å²) < 4.78 is 0. The second kappa shape index (κ2) is 4.70. The Morgan fingerprint density at radius 3 is 2.80 bits per heavy atom. The first-order chi connectivity index (χ1) is 6.95. The normalized spacial score (nSPS) is 27.2. The summed E-state index contributed by atoms with van der Waals surface area (Å²) in [6, 6.07) is 0. The predicted octanol–water partition coefficient (Wildman–Crippen LogP) is 3.74. The molecule has 1 fully saturated rings. The maximum atomic E-state index is 2.33. The number of rotatable bonds is 1. The SMILES string of the molecule is C1=CCC([C-]2CCC3CC=CC=C23)=C1.[Zr]. The van der Waals surface area contributed by atoms with Crippen LogP contribution in [0.2, 0.25) is 0 Å². The van der Waals surface area contributed by atoms with Crippen LogP contribution in [-0.2, 0) is 26.2 Å². The van der Waals surface area contributed by atoms with Gasteiger partial charge in [-0.15, -0.1) is 29.2 Å². The Morgan fingerprint density at radius 2 is 2.00 bits per heavy atom. The van der Waals surface area contributed by atoms with Crippen molar-refractivity contribution in [2.24, 2.45) is 5.92 Å². The third kappa shape index (κ3) is 1.99. The molecule has 0 N–H and O–H groups in total. The first kappa shape index (κ1) is 11.2. The average molecular weight is 274 g/mol. The van der Waals surface area contributed by atoms with Crippen molar-refractivity contribution in [1.29, 1.82) is 0 Å². The quantitative estimate of drug-likeness (QED) is 0.639. The van der Waals surface area contributed by atoms with E-state index in [9.17, 15) is 0 Å². The summed E-state index contributed by atoms with van der Waals surface area (Å²) in [5.74, 6) is 2.47. The number of hydrogen-bond acceptors (Lipinski definition) is 0. The van der Waals surface area contributed by atoms with Crippen LogP contribution in [0, 0.1) is 11.8 Å². The third-order valence-electron chi connectivity index (χ3n) is 3.52. The molecule has 0 heterocycles. The fourth-order valence-electron chi connectivity index (χ4n) is 2.78. The zero-order chi connectivity index (χ0) is 9.38. The molecule has 1 unspecified atom stereocenters. The monoisotopic (exact) mass is 273 g/mol. The topological polar surface area (TPSA) is 0 Å². The molecular formula is C14H15Zr-. The average Bonchev–Trinajstić information content (AvgIpc) is 2.85. The molecule has 3 rings (SSSR count). The molecule has 0 saturated heterocycles. The Balaban J connectivity index is 0.000000853. The molecule has 3 aliphatic carbocycles. The van der Waals surface area contributed by atoms with Gasteiger partial charge in [0.1, 0.15) is 0 Å². The largest absolute Gasteiger partial charge is 0.155 e. The van der Waals surface area contributed by atoms with Gasteiger partial charge in [0.05, 0.1) is 0 Å². The van der Waals surface area contributed by atoms with Crippen molar-refractivity contribution in [3.63, 3.8) is 0 Å². The van der Waals surface area contributed by atoms with E-state index in [-0.39, 0.29) is 26.2 Å². The van der Waals surface area contributed by atoms with Crippen LogP contribution in [0.4, 0.5) is 0 Å². The first-order valence-electron chi connectivity index (χ1n) is 5.54. The Hall–Kier alpha value is -0.287. The molecule has 3 aliphatic rings. The van der Waals surface area contributed by atoms with Crippen LogP contribution in [0.1, 0.15) is 25.7 Å². The molecule has 0 aromatic heterocycles. The Kier molecular flexibility index (Phi) is 3.51. The van der Waals surface area contributed by atoms with Crippen LogP contribution in [0.5, 0.6) is 0 Å². The van der Waals surface area contributed by atoms with Crippen molar-refractivity contribution < 1.29 is 26.2 Å². The molecule has 0 aromatic rings. The molecule has 76 valence electrons. The van der Waals surface area contributed by atoms with E-state index in [2.05, 4.69) is 36.5 Å². The number of fused-ring (bicyclic) bond motifs is 1. The van der Waals surface area contributed by atoms with Gasteiger partial charge in [0.15, 0.2) is 0 Å². The molecule has 0 amide bonds. The summed E-state index contributed by atoms with van der Waals surface area (Å²) in [5, 5.41) is 0. The standard InChI is InChI=1S/C14H15.Zr/c1-2-6-11(5-1)14-10-9-12-7-3-4-8-13(12)14;/h1-5,8,12H,6-7,9-10H2;/q-1;. The van der Waals surface area contributed by atoms with E-state index >= 15 is 0 Å². The van der Waals surface area contributed by atoms with E-state index in [0.29, 0.717) is 0 Å². The molecular weight excluding hydrogens is 259 g/mol. The molecule has 15 heavy (non-hydrogen) atoms.